The molecule has 0 aliphatic carbocycles. The van der Waals surface area contributed by atoms with Gasteiger partial charge < -0.3 is 24.4 Å². The summed E-state index contributed by atoms with van der Waals surface area (Å²) in [5.41, 5.74) is 0.266. The van der Waals surface area contributed by atoms with Gasteiger partial charge in [0.15, 0.2) is 0 Å². The van der Waals surface area contributed by atoms with Crippen LogP contribution in [0, 0.1) is 11.8 Å². The van der Waals surface area contributed by atoms with Gasteiger partial charge in [-0.3, -0.25) is 14.4 Å². The number of aliphatic hydroxyl groups is 1. The molecule has 3 fully saturated rings. The zero-order chi connectivity index (χ0) is 27.0. The summed E-state index contributed by atoms with van der Waals surface area (Å²) in [6.07, 6.45) is 4.23. The minimum atomic E-state index is -1.19. The molecule has 11 nitrogen and oxygen atoms in total. The molecule has 202 valence electrons. The van der Waals surface area contributed by atoms with Crippen LogP contribution in [0.3, 0.4) is 0 Å². The van der Waals surface area contributed by atoms with Gasteiger partial charge in [-0.1, -0.05) is 29.5 Å². The molecule has 4 heterocycles. The first-order valence-corrected chi connectivity index (χ1v) is 12.9. The van der Waals surface area contributed by atoms with E-state index in [2.05, 4.69) is 23.5 Å². The van der Waals surface area contributed by atoms with E-state index in [1.165, 1.54) is 4.90 Å². The number of hydrogen-bond acceptors (Lipinski definition) is 8. The molecule has 3 aliphatic heterocycles. The lowest BCUT2D eigenvalue weighted by molar-refractivity contribution is -0.156. The van der Waals surface area contributed by atoms with Gasteiger partial charge in [-0.05, 0) is 38.3 Å². The van der Waals surface area contributed by atoms with E-state index in [0.29, 0.717) is 24.8 Å². The van der Waals surface area contributed by atoms with E-state index < -0.39 is 41.6 Å². The monoisotopic (exact) mass is 523 g/mol. The van der Waals surface area contributed by atoms with Crippen LogP contribution in [0.15, 0.2) is 49.6 Å². The molecule has 38 heavy (non-hydrogen) atoms. The van der Waals surface area contributed by atoms with Gasteiger partial charge in [-0.25, -0.2) is 4.68 Å². The Morgan fingerprint density at radius 1 is 1.34 bits per heavy atom. The molecule has 1 aromatic carbocycles. The van der Waals surface area contributed by atoms with Crippen LogP contribution in [-0.4, -0.2) is 91.2 Å². The average molecular weight is 524 g/mol. The lowest BCUT2D eigenvalue weighted by Gasteiger charge is -2.38. The number of hydrogen-bond donors (Lipinski definition) is 1. The predicted molar refractivity (Wildman–Crippen MR) is 136 cm³/mol. The first-order valence-electron chi connectivity index (χ1n) is 12.9. The van der Waals surface area contributed by atoms with Crippen molar-refractivity contribution in [2.24, 2.45) is 11.8 Å². The second kappa shape index (κ2) is 10.3. The van der Waals surface area contributed by atoms with E-state index in [1.807, 2.05) is 24.3 Å². The van der Waals surface area contributed by atoms with Gasteiger partial charge in [-0.15, -0.1) is 18.3 Å². The molecule has 1 spiro atoms. The number of aliphatic hydroxyl groups excluding tert-OH is 1. The topological polar surface area (TPSA) is 127 Å². The van der Waals surface area contributed by atoms with Crippen molar-refractivity contribution < 1.29 is 29.0 Å². The van der Waals surface area contributed by atoms with Crippen molar-refractivity contribution in [3.05, 3.63) is 49.6 Å². The van der Waals surface area contributed by atoms with E-state index in [-0.39, 0.29) is 38.2 Å². The highest BCUT2D eigenvalue weighted by molar-refractivity contribution is 5.98. The van der Waals surface area contributed by atoms with E-state index in [1.54, 1.807) is 28.7 Å². The zero-order valence-electron chi connectivity index (χ0n) is 21.4. The standard InChI is InChI=1S/C27H33N5O6/c1-4-6-14-37-26(36)21-20-11-12-27(38-20)22(21)24(34)32(17(3)15-33)23(27)25(35)30(13-5-2)16-31-19-10-8-7-9-18(19)28-29-31/h4-5,7-10,17,20-23,33H,1-2,6,11-16H2,3H3/t17-,20-,21+,22+,23?,27?/m1/s1. The lowest BCUT2D eigenvalue weighted by Crippen LogP contribution is -2.58. The summed E-state index contributed by atoms with van der Waals surface area (Å²) in [5, 5.41) is 18.4. The third-order valence-electron chi connectivity index (χ3n) is 7.94. The summed E-state index contributed by atoms with van der Waals surface area (Å²) in [5.74, 6) is -2.90. The summed E-state index contributed by atoms with van der Waals surface area (Å²) in [4.78, 5) is 44.3. The molecule has 2 amide bonds. The molecule has 2 bridgehead atoms. The van der Waals surface area contributed by atoms with Crippen LogP contribution in [0.25, 0.3) is 11.0 Å². The van der Waals surface area contributed by atoms with E-state index >= 15 is 0 Å². The highest BCUT2D eigenvalue weighted by Gasteiger charge is 2.75. The SMILES string of the molecule is C=CCCOC(=O)[C@@H]1[C@H]2C(=O)N([C@H](C)CO)C(C(=O)N(CC=C)Cn3nnc4ccccc43)C23CC[C@H]1O3. The van der Waals surface area contributed by atoms with Crippen LogP contribution in [0.2, 0.25) is 0 Å². The first kappa shape index (κ1) is 26.1. The van der Waals surface area contributed by atoms with Crippen molar-refractivity contribution in [1.29, 1.82) is 0 Å². The summed E-state index contributed by atoms with van der Waals surface area (Å²) >= 11 is 0. The number of likely N-dealkylation sites (tertiary alicyclic amines) is 1. The van der Waals surface area contributed by atoms with Gasteiger partial charge in [0.05, 0.1) is 42.7 Å². The van der Waals surface area contributed by atoms with Crippen molar-refractivity contribution in [1.82, 2.24) is 24.8 Å². The van der Waals surface area contributed by atoms with Crippen LogP contribution in [0.1, 0.15) is 26.2 Å². The zero-order valence-corrected chi connectivity index (χ0v) is 21.4. The molecule has 1 aromatic heterocycles. The number of rotatable bonds is 11. The number of benzene rings is 1. The molecular weight excluding hydrogens is 490 g/mol. The number of amides is 2. The Bertz CT molecular complexity index is 1260. The van der Waals surface area contributed by atoms with Gasteiger partial charge in [0.2, 0.25) is 11.8 Å². The smallest absolute Gasteiger partial charge is 0.312 e. The Balaban J connectivity index is 1.50. The number of esters is 1. The molecule has 0 radical (unpaired) electrons. The number of aromatic nitrogens is 3. The molecule has 11 heteroatoms. The molecule has 5 rings (SSSR count). The summed E-state index contributed by atoms with van der Waals surface area (Å²) in [7, 11) is 0. The summed E-state index contributed by atoms with van der Waals surface area (Å²) in [6, 6.07) is 5.75. The molecule has 2 unspecified atom stereocenters. The quantitative estimate of drug-likeness (QED) is 0.265. The van der Waals surface area contributed by atoms with Gasteiger partial charge >= 0.3 is 5.97 Å². The summed E-state index contributed by atoms with van der Waals surface area (Å²) in [6.45, 7) is 9.22. The number of nitrogens with zero attached hydrogens (tertiary/aromatic N) is 5. The second-order valence-corrected chi connectivity index (χ2v) is 10.1. The van der Waals surface area contributed by atoms with Gasteiger partial charge in [-0.2, -0.15) is 0 Å². The van der Waals surface area contributed by atoms with E-state index in [0.717, 1.165) is 5.52 Å². The Hall–Kier alpha value is -3.57. The van der Waals surface area contributed by atoms with Crippen LogP contribution in [0.5, 0.6) is 0 Å². The number of ether oxygens (including phenoxy) is 2. The minimum absolute atomic E-state index is 0.0780. The molecule has 3 aliphatic rings. The first-order chi connectivity index (χ1) is 18.4. The maximum absolute atomic E-state index is 14.3. The number of carbonyl (C=O) groups excluding carboxylic acids is 3. The minimum Gasteiger partial charge on any atom is -0.465 e. The fourth-order valence-corrected chi connectivity index (χ4v) is 6.27. The normalized spacial score (nSPS) is 28.4. The fourth-order valence-electron chi connectivity index (χ4n) is 6.27. The van der Waals surface area contributed by atoms with Crippen molar-refractivity contribution in [3.63, 3.8) is 0 Å². The van der Waals surface area contributed by atoms with E-state index in [9.17, 15) is 19.5 Å². The molecule has 2 aromatic rings. The predicted octanol–water partition coefficient (Wildman–Crippen LogP) is 1.28. The highest BCUT2D eigenvalue weighted by Crippen LogP contribution is 2.59. The summed E-state index contributed by atoms with van der Waals surface area (Å²) < 4.78 is 13.5. The lowest BCUT2D eigenvalue weighted by atomic mass is 9.70. The molecule has 1 N–H and O–H groups in total. The van der Waals surface area contributed by atoms with E-state index in [4.69, 9.17) is 9.47 Å². The van der Waals surface area contributed by atoms with Crippen molar-refractivity contribution in [3.8, 4) is 0 Å². The van der Waals surface area contributed by atoms with Crippen LogP contribution in [0.4, 0.5) is 0 Å². The number of fused-ring (bicyclic) bond motifs is 2. The largest absolute Gasteiger partial charge is 0.465 e. The Morgan fingerprint density at radius 2 is 2.13 bits per heavy atom. The number of para-hydroxylation sites is 1. The Morgan fingerprint density at radius 3 is 2.87 bits per heavy atom. The van der Waals surface area contributed by atoms with Crippen LogP contribution >= 0.6 is 0 Å². The molecular formula is C27H33N5O6. The fraction of sp³-hybridized carbons (Fsp3) is 0.519. The van der Waals surface area contributed by atoms with Crippen molar-refractivity contribution in [2.75, 3.05) is 19.8 Å². The number of carbonyl (C=O) groups is 3. The second-order valence-electron chi connectivity index (χ2n) is 10.1. The Labute approximate surface area is 220 Å². The van der Waals surface area contributed by atoms with Gasteiger partial charge in [0, 0.05) is 6.54 Å². The van der Waals surface area contributed by atoms with Crippen molar-refractivity contribution in [2.45, 2.75) is 56.6 Å². The molecule has 0 saturated carbocycles. The highest BCUT2D eigenvalue weighted by atomic mass is 16.6. The maximum Gasteiger partial charge on any atom is 0.312 e. The maximum atomic E-state index is 14.3. The van der Waals surface area contributed by atoms with Crippen molar-refractivity contribution >= 4 is 28.8 Å². The average Bonchev–Trinajstić information content (AvgIpc) is 3.67. The van der Waals surface area contributed by atoms with Crippen LogP contribution in [-0.2, 0) is 30.5 Å². The van der Waals surface area contributed by atoms with Gasteiger partial charge in [0.25, 0.3) is 0 Å². The van der Waals surface area contributed by atoms with Gasteiger partial charge in [0.1, 0.15) is 23.8 Å². The molecule has 3 saturated heterocycles. The third-order valence-corrected chi connectivity index (χ3v) is 7.94. The molecule has 6 atom stereocenters. The van der Waals surface area contributed by atoms with Crippen LogP contribution < -0.4 is 0 Å². The third kappa shape index (κ3) is 4.01. The Kier molecular flexibility index (Phi) is 7.06.